The second-order valence-corrected chi connectivity index (χ2v) is 11.1. The fraction of sp³-hybridized carbons (Fsp3) is 0.917. The van der Waals surface area contributed by atoms with Crippen molar-refractivity contribution in [1.82, 2.24) is 0 Å². The molecule has 28 heavy (non-hydrogen) atoms. The first kappa shape index (κ1) is 20.4. The first-order chi connectivity index (χ1) is 13.2. The van der Waals surface area contributed by atoms with E-state index in [-0.39, 0.29) is 23.4 Å². The number of aliphatic hydroxyl groups excluding tert-OH is 1. The van der Waals surface area contributed by atoms with Gasteiger partial charge in [-0.2, -0.15) is 0 Å². The highest BCUT2D eigenvalue weighted by atomic mass is 16.4. The van der Waals surface area contributed by atoms with Crippen LogP contribution in [0, 0.1) is 46.3 Å². The molecule has 0 saturated heterocycles. The van der Waals surface area contributed by atoms with E-state index < -0.39 is 5.97 Å². The number of ketones is 1. The summed E-state index contributed by atoms with van der Waals surface area (Å²) in [5, 5.41) is 19.3. The van der Waals surface area contributed by atoms with E-state index in [9.17, 15) is 14.7 Å². The van der Waals surface area contributed by atoms with Crippen molar-refractivity contribution in [2.45, 2.75) is 91.1 Å². The molecule has 4 fully saturated rings. The summed E-state index contributed by atoms with van der Waals surface area (Å²) in [6.07, 6.45) is 8.96. The monoisotopic (exact) mass is 390 g/mol. The van der Waals surface area contributed by atoms with Crippen molar-refractivity contribution in [3.8, 4) is 0 Å². The Labute approximate surface area is 169 Å². The van der Waals surface area contributed by atoms with Crippen molar-refractivity contribution < 1.29 is 19.8 Å². The summed E-state index contributed by atoms with van der Waals surface area (Å²) in [6, 6.07) is 0. The van der Waals surface area contributed by atoms with Gasteiger partial charge in [0.15, 0.2) is 0 Å². The number of carboxylic acid groups (broad SMARTS) is 1. The third kappa shape index (κ3) is 2.97. The highest BCUT2D eigenvalue weighted by molar-refractivity contribution is 5.87. The van der Waals surface area contributed by atoms with Crippen molar-refractivity contribution in [2.24, 2.45) is 46.3 Å². The number of aliphatic carboxylic acids is 1. The molecular weight excluding hydrogens is 352 g/mol. The molecule has 4 nitrogen and oxygen atoms in total. The van der Waals surface area contributed by atoms with E-state index in [1.54, 1.807) is 0 Å². The Hall–Kier alpha value is -0.900. The minimum Gasteiger partial charge on any atom is -0.481 e. The molecule has 158 valence electrons. The SMILES string of the molecule is C[C@H](CCC(=O)O)[C@@H]1CC[C@@H]2[C@H]3CC[C@H]4C[C@@H](O)CC[C@]4(C)[C@@H]3CC(=O)[C@@]21C. The van der Waals surface area contributed by atoms with Gasteiger partial charge in [0.05, 0.1) is 6.10 Å². The molecular formula is C24H38O4. The standard InChI is InChI=1S/C24H38O4/c1-14(4-9-22(27)28)18-7-8-19-17-6-5-15-12-16(25)10-11-23(15,2)20(17)13-21(26)24(18,19)3/h14-20,25H,4-13H2,1-3H3,(H,27,28)/t14-,15+,16+,17-,18+,19-,20-,23+,24-/m1/s1. The van der Waals surface area contributed by atoms with Crippen LogP contribution in [-0.2, 0) is 9.59 Å². The summed E-state index contributed by atoms with van der Waals surface area (Å²) < 4.78 is 0. The Morgan fingerprint density at radius 3 is 2.61 bits per heavy atom. The Morgan fingerprint density at radius 2 is 1.89 bits per heavy atom. The van der Waals surface area contributed by atoms with Crippen molar-refractivity contribution in [2.75, 3.05) is 0 Å². The van der Waals surface area contributed by atoms with Crippen LogP contribution in [0.1, 0.15) is 85.0 Å². The third-order valence-electron chi connectivity index (χ3n) is 10.1. The number of fused-ring (bicyclic) bond motifs is 5. The molecule has 4 saturated carbocycles. The molecule has 0 spiro atoms. The van der Waals surface area contributed by atoms with Crippen LogP contribution in [0.15, 0.2) is 0 Å². The van der Waals surface area contributed by atoms with Gasteiger partial charge in [-0.1, -0.05) is 20.8 Å². The first-order valence-electron chi connectivity index (χ1n) is 11.6. The summed E-state index contributed by atoms with van der Waals surface area (Å²) in [6.45, 7) is 6.81. The van der Waals surface area contributed by atoms with E-state index in [4.69, 9.17) is 5.11 Å². The largest absolute Gasteiger partial charge is 0.481 e. The summed E-state index contributed by atoms with van der Waals surface area (Å²) >= 11 is 0. The Kier molecular flexibility index (Phi) is 5.17. The molecule has 0 radical (unpaired) electrons. The summed E-state index contributed by atoms with van der Waals surface area (Å²) in [5.74, 6) is 2.52. The van der Waals surface area contributed by atoms with Gasteiger partial charge >= 0.3 is 5.97 Å². The molecule has 0 aromatic carbocycles. The smallest absolute Gasteiger partial charge is 0.303 e. The van der Waals surface area contributed by atoms with Crippen LogP contribution in [0.4, 0.5) is 0 Å². The molecule has 0 heterocycles. The average Bonchev–Trinajstić information content (AvgIpc) is 3.00. The van der Waals surface area contributed by atoms with Gasteiger partial charge in [-0.3, -0.25) is 9.59 Å². The lowest BCUT2D eigenvalue weighted by Crippen LogP contribution is -2.57. The maximum Gasteiger partial charge on any atom is 0.303 e. The maximum absolute atomic E-state index is 13.6. The van der Waals surface area contributed by atoms with E-state index >= 15 is 0 Å². The van der Waals surface area contributed by atoms with Gasteiger partial charge in [0, 0.05) is 18.3 Å². The van der Waals surface area contributed by atoms with E-state index in [0.29, 0.717) is 54.1 Å². The highest BCUT2D eigenvalue weighted by Gasteiger charge is 2.63. The van der Waals surface area contributed by atoms with Gasteiger partial charge in [0.2, 0.25) is 0 Å². The zero-order valence-corrected chi connectivity index (χ0v) is 17.8. The van der Waals surface area contributed by atoms with Gasteiger partial charge in [-0.05, 0) is 92.3 Å². The van der Waals surface area contributed by atoms with Crippen molar-refractivity contribution in [3.63, 3.8) is 0 Å². The summed E-state index contributed by atoms with van der Waals surface area (Å²) in [4.78, 5) is 24.7. The molecule has 0 unspecified atom stereocenters. The van der Waals surface area contributed by atoms with Crippen LogP contribution >= 0.6 is 0 Å². The molecule has 0 aliphatic heterocycles. The lowest BCUT2D eigenvalue weighted by molar-refractivity contribution is -0.160. The van der Waals surface area contributed by atoms with Crippen molar-refractivity contribution >= 4 is 11.8 Å². The zero-order valence-electron chi connectivity index (χ0n) is 17.8. The number of rotatable bonds is 4. The van der Waals surface area contributed by atoms with Crippen molar-refractivity contribution in [1.29, 1.82) is 0 Å². The molecule has 0 aromatic rings. The second-order valence-electron chi connectivity index (χ2n) is 11.1. The number of carbonyl (C=O) groups is 2. The molecule has 9 atom stereocenters. The number of hydrogen-bond donors (Lipinski definition) is 2. The number of carbonyl (C=O) groups excluding carboxylic acids is 1. The number of aliphatic hydroxyl groups is 1. The summed E-state index contributed by atoms with van der Waals surface area (Å²) in [7, 11) is 0. The molecule has 4 aliphatic carbocycles. The highest BCUT2D eigenvalue weighted by Crippen LogP contribution is 2.67. The van der Waals surface area contributed by atoms with Crippen molar-refractivity contribution in [3.05, 3.63) is 0 Å². The van der Waals surface area contributed by atoms with Gasteiger partial charge in [0.1, 0.15) is 5.78 Å². The average molecular weight is 391 g/mol. The van der Waals surface area contributed by atoms with E-state index in [1.165, 1.54) is 12.8 Å². The Bertz CT molecular complexity index is 645. The van der Waals surface area contributed by atoms with E-state index in [2.05, 4.69) is 20.8 Å². The molecule has 0 bridgehead atoms. The molecule has 4 aliphatic rings. The van der Waals surface area contributed by atoms with E-state index in [1.807, 2.05) is 0 Å². The zero-order chi connectivity index (χ0) is 20.3. The van der Waals surface area contributed by atoms with Gasteiger partial charge in [0.25, 0.3) is 0 Å². The lowest BCUT2D eigenvalue weighted by atomic mass is 9.44. The molecule has 4 heteroatoms. The minimum atomic E-state index is -0.729. The van der Waals surface area contributed by atoms with Gasteiger partial charge in [-0.15, -0.1) is 0 Å². The van der Waals surface area contributed by atoms with Crippen LogP contribution < -0.4 is 0 Å². The Balaban J connectivity index is 1.57. The van der Waals surface area contributed by atoms with E-state index in [0.717, 1.165) is 32.1 Å². The topological polar surface area (TPSA) is 74.6 Å². The molecule has 0 aromatic heterocycles. The van der Waals surface area contributed by atoms with Crippen LogP contribution in [0.2, 0.25) is 0 Å². The van der Waals surface area contributed by atoms with Crippen LogP contribution in [0.3, 0.4) is 0 Å². The third-order valence-corrected chi connectivity index (χ3v) is 10.1. The van der Waals surface area contributed by atoms with Gasteiger partial charge in [-0.25, -0.2) is 0 Å². The van der Waals surface area contributed by atoms with Crippen LogP contribution in [-0.4, -0.2) is 28.1 Å². The number of carboxylic acids is 1. The molecule has 0 amide bonds. The van der Waals surface area contributed by atoms with Crippen LogP contribution in [0.5, 0.6) is 0 Å². The summed E-state index contributed by atoms with van der Waals surface area (Å²) in [5.41, 5.74) is -0.0391. The number of hydrogen-bond acceptors (Lipinski definition) is 3. The lowest BCUT2D eigenvalue weighted by Gasteiger charge is -2.60. The van der Waals surface area contributed by atoms with Gasteiger partial charge < -0.3 is 10.2 Å². The fourth-order valence-electron chi connectivity index (χ4n) is 8.44. The predicted octanol–water partition coefficient (Wildman–Crippen LogP) is 4.69. The fourth-order valence-corrected chi connectivity index (χ4v) is 8.44. The first-order valence-corrected chi connectivity index (χ1v) is 11.6. The predicted molar refractivity (Wildman–Crippen MR) is 108 cm³/mol. The Morgan fingerprint density at radius 1 is 1.14 bits per heavy atom. The second kappa shape index (κ2) is 7.11. The quantitative estimate of drug-likeness (QED) is 0.730. The molecule has 2 N–H and O–H groups in total. The van der Waals surface area contributed by atoms with Crippen LogP contribution in [0.25, 0.3) is 0 Å². The maximum atomic E-state index is 13.6. The number of Topliss-reactive ketones (excluding diaryl/α,β-unsaturated/α-hetero) is 1. The molecule has 4 rings (SSSR count). The normalized spacial score (nSPS) is 49.1. The minimum absolute atomic E-state index is 0.148.